The summed E-state index contributed by atoms with van der Waals surface area (Å²) in [5.41, 5.74) is 7.79. The number of carbonyl (C=O) groups is 1. The van der Waals surface area contributed by atoms with Crippen LogP contribution in [-0.4, -0.2) is 79.2 Å². The third-order valence-corrected chi connectivity index (χ3v) is 10.8. The molecule has 3 aromatic carbocycles. The molecule has 1 fully saturated rings. The predicted molar refractivity (Wildman–Crippen MR) is 210 cm³/mol. The number of nitrogens with zero attached hydrogens (tertiary/aromatic N) is 3. The summed E-state index contributed by atoms with van der Waals surface area (Å²) in [6.07, 6.45) is 4.33. The molecule has 55 heavy (non-hydrogen) atoms. The second-order valence-corrected chi connectivity index (χ2v) is 16.3. The van der Waals surface area contributed by atoms with Crippen molar-refractivity contribution in [1.82, 2.24) is 13.4 Å². The first-order valence-corrected chi connectivity index (χ1v) is 19.6. The second kappa shape index (κ2) is 16.6. The second-order valence-electron chi connectivity index (χ2n) is 14.5. The van der Waals surface area contributed by atoms with Gasteiger partial charge in [0.25, 0.3) is 15.6 Å². The summed E-state index contributed by atoms with van der Waals surface area (Å²) in [4.78, 5) is 27.6. The van der Waals surface area contributed by atoms with E-state index in [-0.39, 0.29) is 22.6 Å². The SMILES string of the molecule is Cc1ccc(S(=O)(=O)n2ccc3c(-c4cc(N)ccc4Oc4cccc(OCCOCCOC5CCN(C(=O)OC(C)(C)C)CC5)c4)cn(C)c(=O)c32)cc1. The molecule has 0 unspecified atom stereocenters. The Labute approximate surface area is 321 Å². The molecular formula is C41H48N4O9S. The first-order valence-electron chi connectivity index (χ1n) is 18.2. The number of aryl methyl sites for hydroxylation is 2. The fourth-order valence-electron chi connectivity index (χ4n) is 6.30. The van der Waals surface area contributed by atoms with Crippen LogP contribution in [0.4, 0.5) is 10.5 Å². The Balaban J connectivity index is 1.07. The number of amides is 1. The molecule has 1 saturated heterocycles. The van der Waals surface area contributed by atoms with Crippen LogP contribution >= 0.6 is 0 Å². The average Bonchev–Trinajstić information content (AvgIpc) is 3.60. The lowest BCUT2D eigenvalue weighted by Gasteiger charge is -2.33. The van der Waals surface area contributed by atoms with E-state index >= 15 is 0 Å². The van der Waals surface area contributed by atoms with E-state index in [1.807, 2.05) is 39.8 Å². The van der Waals surface area contributed by atoms with Crippen molar-refractivity contribution in [2.24, 2.45) is 7.05 Å². The fourth-order valence-corrected chi connectivity index (χ4v) is 7.64. The summed E-state index contributed by atoms with van der Waals surface area (Å²) in [7, 11) is -2.50. The maximum absolute atomic E-state index is 13.7. The number of piperidine rings is 1. The molecule has 0 bridgehead atoms. The molecule has 0 radical (unpaired) electrons. The molecule has 1 amide bonds. The molecule has 1 aliphatic rings. The lowest BCUT2D eigenvalue weighted by atomic mass is 10.0. The smallest absolute Gasteiger partial charge is 0.410 e. The molecule has 3 heterocycles. The van der Waals surface area contributed by atoms with Crippen molar-refractivity contribution in [2.45, 2.75) is 57.1 Å². The number of anilines is 1. The Hall–Kier alpha value is -5.31. The highest BCUT2D eigenvalue weighted by Crippen LogP contribution is 2.39. The van der Waals surface area contributed by atoms with Crippen molar-refractivity contribution in [3.63, 3.8) is 0 Å². The standard InChI is InChI=1S/C41H48N4O9S/c1-28-9-12-33(13-10-28)55(48,49)45-20-17-34-36(27-43(5)39(46)38(34)45)35-25-29(42)11-14-37(35)53-32-8-6-7-31(26-32)52-24-22-50-21-23-51-30-15-18-44(19-16-30)40(47)54-41(2,3)4/h6-14,17,20,25-27,30H,15-16,18-19,21-24,42H2,1-5H3. The van der Waals surface area contributed by atoms with Gasteiger partial charge in [-0.15, -0.1) is 0 Å². The summed E-state index contributed by atoms with van der Waals surface area (Å²) in [6, 6.07) is 20.4. The zero-order chi connectivity index (χ0) is 39.3. The van der Waals surface area contributed by atoms with Crippen molar-refractivity contribution in [2.75, 3.05) is 45.3 Å². The van der Waals surface area contributed by atoms with Gasteiger partial charge in [0.15, 0.2) is 0 Å². The Bertz CT molecular complexity index is 2300. The molecule has 2 N–H and O–H groups in total. The van der Waals surface area contributed by atoms with Crippen molar-refractivity contribution in [3.05, 3.63) is 101 Å². The van der Waals surface area contributed by atoms with Crippen molar-refractivity contribution >= 4 is 32.7 Å². The van der Waals surface area contributed by atoms with Crippen LogP contribution in [0, 0.1) is 6.92 Å². The van der Waals surface area contributed by atoms with Crippen molar-refractivity contribution < 1.29 is 36.9 Å². The summed E-state index contributed by atoms with van der Waals surface area (Å²) in [5, 5.41) is 0.431. The number of benzene rings is 3. The summed E-state index contributed by atoms with van der Waals surface area (Å²) < 4.78 is 59.3. The maximum Gasteiger partial charge on any atom is 0.410 e. The molecule has 2 aromatic heterocycles. The van der Waals surface area contributed by atoms with Gasteiger partial charge in [-0.3, -0.25) is 4.79 Å². The molecule has 14 heteroatoms. The maximum atomic E-state index is 13.7. The van der Waals surface area contributed by atoms with Gasteiger partial charge in [0.1, 0.15) is 35.0 Å². The molecule has 1 aliphatic heterocycles. The first kappa shape index (κ1) is 39.4. The van der Waals surface area contributed by atoms with Crippen LogP contribution in [0.15, 0.2) is 94.9 Å². The molecule has 0 spiro atoms. The molecule has 5 aromatic rings. The topological polar surface area (TPSA) is 154 Å². The molecule has 6 rings (SSSR count). The van der Waals surface area contributed by atoms with Crippen LogP contribution in [0.25, 0.3) is 22.0 Å². The zero-order valence-corrected chi connectivity index (χ0v) is 32.6. The zero-order valence-electron chi connectivity index (χ0n) is 31.8. The van der Waals surface area contributed by atoms with Gasteiger partial charge in [0, 0.05) is 60.8 Å². The lowest BCUT2D eigenvalue weighted by Crippen LogP contribution is -2.43. The van der Waals surface area contributed by atoms with E-state index in [0.29, 0.717) is 79.0 Å². The normalized spacial score (nSPS) is 13.9. The van der Waals surface area contributed by atoms with Crippen molar-refractivity contribution in [1.29, 1.82) is 0 Å². The summed E-state index contributed by atoms with van der Waals surface area (Å²) >= 11 is 0. The number of aromatic nitrogens is 2. The number of pyridine rings is 1. The Morgan fingerprint density at radius 3 is 2.33 bits per heavy atom. The van der Waals surface area contributed by atoms with Gasteiger partial charge in [-0.05, 0) is 89.1 Å². The van der Waals surface area contributed by atoms with Crippen LogP contribution in [-0.2, 0) is 31.3 Å². The molecule has 292 valence electrons. The monoisotopic (exact) mass is 772 g/mol. The van der Waals surface area contributed by atoms with E-state index < -0.39 is 21.2 Å². The molecular weight excluding hydrogens is 725 g/mol. The van der Waals surface area contributed by atoms with Gasteiger partial charge >= 0.3 is 6.09 Å². The molecule has 0 atom stereocenters. The number of carbonyl (C=O) groups excluding carboxylic acids is 1. The third kappa shape index (κ3) is 9.50. The van der Waals surface area contributed by atoms with Crippen LogP contribution < -0.4 is 20.8 Å². The van der Waals surface area contributed by atoms with Gasteiger partial charge in [0.05, 0.1) is 30.8 Å². The van der Waals surface area contributed by atoms with Gasteiger partial charge in [-0.2, -0.15) is 0 Å². The number of nitrogen functional groups attached to an aromatic ring is 1. The minimum Gasteiger partial charge on any atom is -0.491 e. The van der Waals surface area contributed by atoms with Gasteiger partial charge in [0.2, 0.25) is 0 Å². The van der Waals surface area contributed by atoms with E-state index in [1.165, 1.54) is 22.9 Å². The summed E-state index contributed by atoms with van der Waals surface area (Å²) in [6.45, 7) is 10.2. The van der Waals surface area contributed by atoms with E-state index in [9.17, 15) is 18.0 Å². The van der Waals surface area contributed by atoms with Gasteiger partial charge in [-0.1, -0.05) is 23.8 Å². The van der Waals surface area contributed by atoms with Gasteiger partial charge in [-0.25, -0.2) is 17.2 Å². The summed E-state index contributed by atoms with van der Waals surface area (Å²) in [5.74, 6) is 1.52. The lowest BCUT2D eigenvalue weighted by molar-refractivity contribution is -0.0314. The molecule has 13 nitrogen and oxygen atoms in total. The number of hydrogen-bond acceptors (Lipinski definition) is 10. The van der Waals surface area contributed by atoms with Gasteiger partial charge < -0.3 is 38.9 Å². The van der Waals surface area contributed by atoms with E-state index in [0.717, 1.165) is 22.4 Å². The van der Waals surface area contributed by atoms with Crippen LogP contribution in [0.5, 0.6) is 17.2 Å². The van der Waals surface area contributed by atoms with E-state index in [4.69, 9.17) is 29.4 Å². The van der Waals surface area contributed by atoms with Crippen LogP contribution in [0.3, 0.4) is 0 Å². The Morgan fingerprint density at radius 2 is 1.60 bits per heavy atom. The predicted octanol–water partition coefficient (Wildman–Crippen LogP) is 6.74. The fraction of sp³-hybridized carbons (Fsp3) is 0.366. The first-order chi connectivity index (χ1) is 26.2. The Morgan fingerprint density at radius 1 is 0.891 bits per heavy atom. The largest absolute Gasteiger partial charge is 0.491 e. The number of hydrogen-bond donors (Lipinski definition) is 1. The van der Waals surface area contributed by atoms with Crippen LogP contribution in [0.1, 0.15) is 39.2 Å². The number of rotatable bonds is 13. The number of nitrogens with two attached hydrogens (primary N) is 1. The molecule has 0 saturated carbocycles. The Kier molecular flexibility index (Phi) is 11.9. The highest BCUT2D eigenvalue weighted by Gasteiger charge is 2.27. The quantitative estimate of drug-likeness (QED) is 0.101. The van der Waals surface area contributed by atoms with E-state index in [1.54, 1.807) is 66.7 Å². The third-order valence-electron chi connectivity index (χ3n) is 9.06. The highest BCUT2D eigenvalue weighted by atomic mass is 32.2. The number of ether oxygens (including phenoxy) is 5. The minimum absolute atomic E-state index is 0.0127. The average molecular weight is 773 g/mol. The van der Waals surface area contributed by atoms with Crippen molar-refractivity contribution in [3.8, 4) is 28.4 Å². The highest BCUT2D eigenvalue weighted by molar-refractivity contribution is 7.90. The van der Waals surface area contributed by atoms with E-state index in [2.05, 4.69) is 0 Å². The van der Waals surface area contributed by atoms with Crippen LogP contribution in [0.2, 0.25) is 0 Å². The minimum atomic E-state index is -4.07. The number of likely N-dealkylation sites (tertiary alicyclic amines) is 1. The number of fused-ring (bicyclic) bond motifs is 1. The molecule has 0 aliphatic carbocycles.